The standard InChI is InChI=1S/C31H47N3O6/c1-38-24-18-22(19-25(39-2)28(24)40-3)26(20-12-6-4-7-13-20)31(37)34-17-11-10-16-23(34)30(36)33-27(29(32)35)21-14-8-5-9-15-21/h18-21,23,26-27H,4-17H2,1-3H3,(H2,32,35)(H,33,36)/t23?,26?,27-/m0/s1. The molecule has 4 rings (SSSR count). The van der Waals surface area contributed by atoms with Crippen LogP contribution in [0.2, 0.25) is 0 Å². The van der Waals surface area contributed by atoms with Crippen molar-refractivity contribution in [2.45, 2.75) is 101 Å². The summed E-state index contributed by atoms with van der Waals surface area (Å²) in [6, 6.07) is 2.43. The van der Waals surface area contributed by atoms with Crippen LogP contribution >= 0.6 is 0 Å². The number of ether oxygens (including phenoxy) is 3. The fourth-order valence-corrected chi connectivity index (χ4v) is 7.15. The van der Waals surface area contributed by atoms with E-state index >= 15 is 0 Å². The van der Waals surface area contributed by atoms with Gasteiger partial charge in [0.05, 0.1) is 27.2 Å². The maximum atomic E-state index is 14.5. The Balaban J connectivity index is 1.64. The normalized spacial score (nSPS) is 22.2. The van der Waals surface area contributed by atoms with E-state index in [-0.39, 0.29) is 23.7 Å². The number of benzene rings is 1. The lowest BCUT2D eigenvalue weighted by Gasteiger charge is -2.40. The Bertz CT molecular complexity index is 1010. The summed E-state index contributed by atoms with van der Waals surface area (Å²) in [6.45, 7) is 0.509. The minimum Gasteiger partial charge on any atom is -0.493 e. The maximum absolute atomic E-state index is 14.5. The zero-order chi connectivity index (χ0) is 28.6. The van der Waals surface area contributed by atoms with E-state index in [1.54, 1.807) is 26.2 Å². The summed E-state index contributed by atoms with van der Waals surface area (Å²) in [5.41, 5.74) is 6.59. The van der Waals surface area contributed by atoms with Crippen LogP contribution in [0.3, 0.4) is 0 Å². The lowest BCUT2D eigenvalue weighted by atomic mass is 9.75. The first-order valence-electron chi connectivity index (χ1n) is 15.1. The van der Waals surface area contributed by atoms with E-state index in [2.05, 4.69) is 5.32 Å². The maximum Gasteiger partial charge on any atom is 0.243 e. The van der Waals surface area contributed by atoms with Crippen molar-refractivity contribution >= 4 is 17.7 Å². The van der Waals surface area contributed by atoms with Crippen LogP contribution in [0.25, 0.3) is 0 Å². The second-order valence-electron chi connectivity index (χ2n) is 11.7. The lowest BCUT2D eigenvalue weighted by molar-refractivity contribution is -0.145. The molecular weight excluding hydrogens is 510 g/mol. The number of nitrogens with two attached hydrogens (primary N) is 1. The van der Waals surface area contributed by atoms with E-state index in [1.807, 2.05) is 12.1 Å². The molecule has 9 heteroatoms. The van der Waals surface area contributed by atoms with Gasteiger partial charge in [0.25, 0.3) is 0 Å². The van der Waals surface area contributed by atoms with Crippen molar-refractivity contribution < 1.29 is 28.6 Å². The fraction of sp³-hybridized carbons (Fsp3) is 0.710. The zero-order valence-electron chi connectivity index (χ0n) is 24.4. The molecule has 9 nitrogen and oxygen atoms in total. The van der Waals surface area contributed by atoms with Gasteiger partial charge in [0.1, 0.15) is 12.1 Å². The largest absolute Gasteiger partial charge is 0.493 e. The first kappa shape index (κ1) is 30.0. The van der Waals surface area contributed by atoms with E-state index < -0.39 is 23.9 Å². The van der Waals surface area contributed by atoms with Crippen LogP contribution in [-0.4, -0.2) is 62.6 Å². The molecule has 2 saturated carbocycles. The smallest absolute Gasteiger partial charge is 0.243 e. The Morgan fingerprint density at radius 2 is 1.35 bits per heavy atom. The van der Waals surface area contributed by atoms with Gasteiger partial charge in [0, 0.05) is 6.54 Å². The third-order valence-corrected chi connectivity index (χ3v) is 9.25. The Morgan fingerprint density at radius 3 is 1.88 bits per heavy atom. The second kappa shape index (κ2) is 14.1. The molecule has 3 atom stereocenters. The van der Waals surface area contributed by atoms with Crippen LogP contribution in [0, 0.1) is 11.8 Å². The quantitative estimate of drug-likeness (QED) is 0.442. The molecule has 2 unspecified atom stereocenters. The Hall–Kier alpha value is -2.97. The number of hydrogen-bond acceptors (Lipinski definition) is 6. The Morgan fingerprint density at radius 1 is 0.800 bits per heavy atom. The van der Waals surface area contributed by atoms with Crippen molar-refractivity contribution in [2.24, 2.45) is 17.6 Å². The molecule has 3 N–H and O–H groups in total. The zero-order valence-corrected chi connectivity index (χ0v) is 24.4. The molecule has 222 valence electrons. The number of methoxy groups -OCH3 is 3. The number of carbonyl (C=O) groups is 3. The van der Waals surface area contributed by atoms with E-state index in [1.165, 1.54) is 0 Å². The number of nitrogens with zero attached hydrogens (tertiary/aromatic N) is 1. The van der Waals surface area contributed by atoms with Gasteiger partial charge in [-0.1, -0.05) is 38.5 Å². The van der Waals surface area contributed by atoms with Crippen molar-refractivity contribution in [2.75, 3.05) is 27.9 Å². The molecule has 0 radical (unpaired) electrons. The summed E-state index contributed by atoms with van der Waals surface area (Å²) in [7, 11) is 4.71. The van der Waals surface area contributed by atoms with Gasteiger partial charge in [-0.3, -0.25) is 14.4 Å². The lowest BCUT2D eigenvalue weighted by Crippen LogP contribution is -2.58. The summed E-state index contributed by atoms with van der Waals surface area (Å²) >= 11 is 0. The third-order valence-electron chi connectivity index (χ3n) is 9.25. The van der Waals surface area contributed by atoms with Crippen molar-refractivity contribution in [3.8, 4) is 17.2 Å². The molecule has 40 heavy (non-hydrogen) atoms. The van der Waals surface area contributed by atoms with Crippen LogP contribution in [0.5, 0.6) is 17.2 Å². The molecule has 1 heterocycles. The van der Waals surface area contributed by atoms with Gasteiger partial charge in [-0.25, -0.2) is 0 Å². The average molecular weight is 558 g/mol. The topological polar surface area (TPSA) is 120 Å². The van der Waals surface area contributed by atoms with Gasteiger partial charge < -0.3 is 30.2 Å². The molecule has 3 aliphatic rings. The van der Waals surface area contributed by atoms with Crippen molar-refractivity contribution in [1.82, 2.24) is 10.2 Å². The molecular formula is C31H47N3O6. The van der Waals surface area contributed by atoms with E-state index in [0.29, 0.717) is 30.2 Å². The molecule has 1 aromatic carbocycles. The minimum atomic E-state index is -0.698. The van der Waals surface area contributed by atoms with Gasteiger partial charge in [0.15, 0.2) is 11.5 Å². The summed E-state index contributed by atoms with van der Waals surface area (Å²) in [4.78, 5) is 42.4. The van der Waals surface area contributed by atoms with E-state index in [4.69, 9.17) is 19.9 Å². The van der Waals surface area contributed by atoms with E-state index in [9.17, 15) is 14.4 Å². The first-order valence-corrected chi connectivity index (χ1v) is 15.1. The van der Waals surface area contributed by atoms with Gasteiger partial charge >= 0.3 is 0 Å². The van der Waals surface area contributed by atoms with Crippen LogP contribution in [0.4, 0.5) is 0 Å². The number of piperidine rings is 1. The molecule has 0 aromatic heterocycles. The highest BCUT2D eigenvalue weighted by Crippen LogP contribution is 2.45. The summed E-state index contributed by atoms with van der Waals surface area (Å²) in [6.07, 6.45) is 12.4. The molecule has 0 spiro atoms. The molecule has 3 fully saturated rings. The SMILES string of the molecule is COc1cc(C(C(=O)N2CCCCC2C(=O)N[C@H](C(N)=O)C2CCCCC2)C2CCCCC2)cc(OC)c1OC. The molecule has 1 saturated heterocycles. The molecule has 1 aliphatic heterocycles. The highest BCUT2D eigenvalue weighted by atomic mass is 16.5. The number of hydrogen-bond donors (Lipinski definition) is 2. The number of rotatable bonds is 10. The molecule has 2 aliphatic carbocycles. The minimum absolute atomic E-state index is 0.0469. The van der Waals surface area contributed by atoms with Crippen LogP contribution in [-0.2, 0) is 14.4 Å². The molecule has 0 bridgehead atoms. The first-order chi connectivity index (χ1) is 19.4. The monoisotopic (exact) mass is 557 g/mol. The van der Waals surface area contributed by atoms with Crippen LogP contribution < -0.4 is 25.3 Å². The van der Waals surface area contributed by atoms with Gasteiger partial charge in [0.2, 0.25) is 23.5 Å². The molecule has 3 amide bonds. The summed E-state index contributed by atoms with van der Waals surface area (Å²) in [5, 5.41) is 2.99. The number of amides is 3. The van der Waals surface area contributed by atoms with Crippen molar-refractivity contribution in [3.63, 3.8) is 0 Å². The Labute approximate surface area is 238 Å². The van der Waals surface area contributed by atoms with Gasteiger partial charge in [-0.15, -0.1) is 0 Å². The van der Waals surface area contributed by atoms with Crippen LogP contribution in [0.15, 0.2) is 12.1 Å². The highest BCUT2D eigenvalue weighted by molar-refractivity contribution is 5.93. The van der Waals surface area contributed by atoms with Gasteiger partial charge in [-0.2, -0.15) is 0 Å². The number of nitrogens with one attached hydrogen (secondary N) is 1. The fourth-order valence-electron chi connectivity index (χ4n) is 7.15. The van der Waals surface area contributed by atoms with Gasteiger partial charge in [-0.05, 0) is 74.5 Å². The number of likely N-dealkylation sites (tertiary alicyclic amines) is 1. The number of primary amides is 1. The van der Waals surface area contributed by atoms with Crippen molar-refractivity contribution in [1.29, 1.82) is 0 Å². The summed E-state index contributed by atoms with van der Waals surface area (Å²) < 4.78 is 16.8. The average Bonchev–Trinajstić information content (AvgIpc) is 3.00. The Kier molecular flexibility index (Phi) is 10.6. The predicted octanol–water partition coefficient (Wildman–Crippen LogP) is 4.31. The third kappa shape index (κ3) is 6.66. The predicted molar refractivity (Wildman–Crippen MR) is 152 cm³/mol. The highest BCUT2D eigenvalue weighted by Gasteiger charge is 2.41. The van der Waals surface area contributed by atoms with E-state index in [0.717, 1.165) is 82.6 Å². The number of carbonyl (C=O) groups excluding carboxylic acids is 3. The second-order valence-corrected chi connectivity index (χ2v) is 11.7. The summed E-state index contributed by atoms with van der Waals surface area (Å²) in [5.74, 6) is 0.458. The molecule has 1 aromatic rings. The van der Waals surface area contributed by atoms with Crippen molar-refractivity contribution in [3.05, 3.63) is 17.7 Å². The van der Waals surface area contributed by atoms with Crippen LogP contribution in [0.1, 0.15) is 95.0 Å².